The van der Waals surface area contributed by atoms with Crippen LogP contribution in [-0.2, 0) is 9.47 Å². The molecule has 0 radical (unpaired) electrons. The first-order valence-corrected chi connectivity index (χ1v) is 28.5. The second kappa shape index (κ2) is 55.7. The van der Waals surface area contributed by atoms with Crippen LogP contribution < -0.4 is 10.6 Å². The summed E-state index contributed by atoms with van der Waals surface area (Å²) in [7, 11) is 0. The highest BCUT2D eigenvalue weighted by Gasteiger charge is 2.04. The van der Waals surface area contributed by atoms with Gasteiger partial charge in [-0.05, 0) is 25.7 Å². The molecule has 62 heavy (non-hydrogen) atoms. The Balaban J connectivity index is 3.22. The number of carbonyl (C=O) groups is 2. The van der Waals surface area contributed by atoms with Crippen molar-refractivity contribution in [1.29, 1.82) is 0 Å². The summed E-state index contributed by atoms with van der Waals surface area (Å²) in [6, 6.07) is 0. The Morgan fingerprint density at radius 2 is 0.403 bits per heavy atom. The number of carbonyl (C=O) groups excluding carboxylic acids is 2. The maximum atomic E-state index is 12.0. The second-order valence-corrected chi connectivity index (χ2v) is 19.4. The SMILES string of the molecule is CCCCCCCCCCCCCCCCCCCCCCCCOC(=O)NCCCCCCNC(=O)OCCCCCCCCCCCCCCCCCCCCCCCC. The smallest absolute Gasteiger partial charge is 0.407 e. The Hall–Kier alpha value is -1.46. The maximum Gasteiger partial charge on any atom is 0.407 e. The zero-order valence-electron chi connectivity index (χ0n) is 42.4. The summed E-state index contributed by atoms with van der Waals surface area (Å²) < 4.78 is 10.7. The monoisotopic (exact) mass is 877 g/mol. The van der Waals surface area contributed by atoms with Crippen molar-refractivity contribution in [3.63, 3.8) is 0 Å². The lowest BCUT2D eigenvalue weighted by atomic mass is 10.0. The molecule has 6 heteroatoms. The number of unbranched alkanes of at least 4 members (excludes halogenated alkanes) is 45. The number of amides is 2. The van der Waals surface area contributed by atoms with Crippen LogP contribution in [0.25, 0.3) is 0 Å². The van der Waals surface area contributed by atoms with Crippen molar-refractivity contribution in [3.8, 4) is 0 Å². The summed E-state index contributed by atoms with van der Waals surface area (Å²) in [5.41, 5.74) is 0. The van der Waals surface area contributed by atoms with Gasteiger partial charge < -0.3 is 20.1 Å². The lowest BCUT2D eigenvalue weighted by molar-refractivity contribution is 0.142. The molecule has 0 aliphatic heterocycles. The van der Waals surface area contributed by atoms with Crippen LogP contribution in [0.2, 0.25) is 0 Å². The van der Waals surface area contributed by atoms with Crippen molar-refractivity contribution in [2.45, 2.75) is 322 Å². The van der Waals surface area contributed by atoms with Crippen molar-refractivity contribution in [2.24, 2.45) is 0 Å². The van der Waals surface area contributed by atoms with Crippen molar-refractivity contribution < 1.29 is 19.1 Å². The molecule has 0 aromatic heterocycles. The Labute approximate surface area is 388 Å². The minimum absolute atomic E-state index is 0.288. The summed E-state index contributed by atoms with van der Waals surface area (Å²) >= 11 is 0. The van der Waals surface area contributed by atoms with Gasteiger partial charge in [-0.1, -0.05) is 296 Å². The summed E-state index contributed by atoms with van der Waals surface area (Å²) in [5, 5.41) is 5.75. The van der Waals surface area contributed by atoms with E-state index in [1.807, 2.05) is 0 Å². The van der Waals surface area contributed by atoms with E-state index in [-0.39, 0.29) is 12.2 Å². The third kappa shape index (κ3) is 54.7. The number of ether oxygens (including phenoxy) is 2. The lowest BCUT2D eigenvalue weighted by Gasteiger charge is -2.08. The molecule has 0 bridgehead atoms. The first-order chi connectivity index (χ1) is 30.7. The fourth-order valence-electron chi connectivity index (χ4n) is 8.84. The van der Waals surface area contributed by atoms with Crippen LogP contribution in [-0.4, -0.2) is 38.5 Å². The van der Waals surface area contributed by atoms with Gasteiger partial charge >= 0.3 is 12.2 Å². The molecule has 0 aliphatic rings. The molecule has 6 nitrogen and oxygen atoms in total. The van der Waals surface area contributed by atoms with Gasteiger partial charge in [0.1, 0.15) is 0 Å². The van der Waals surface area contributed by atoms with Gasteiger partial charge in [-0.2, -0.15) is 0 Å². The van der Waals surface area contributed by atoms with E-state index in [0.717, 1.165) is 51.4 Å². The van der Waals surface area contributed by atoms with Gasteiger partial charge in [0.05, 0.1) is 13.2 Å². The average Bonchev–Trinajstić information content (AvgIpc) is 3.27. The van der Waals surface area contributed by atoms with E-state index in [0.29, 0.717) is 26.3 Å². The Bertz CT molecular complexity index is 786. The van der Waals surface area contributed by atoms with E-state index < -0.39 is 0 Å². The lowest BCUT2D eigenvalue weighted by Crippen LogP contribution is -2.26. The molecule has 0 heterocycles. The van der Waals surface area contributed by atoms with E-state index in [4.69, 9.17) is 9.47 Å². The Morgan fingerprint density at radius 3 is 0.597 bits per heavy atom. The predicted octanol–water partition coefficient (Wildman–Crippen LogP) is 19.2. The number of hydrogen-bond acceptors (Lipinski definition) is 4. The van der Waals surface area contributed by atoms with Crippen LogP contribution in [0, 0.1) is 0 Å². The highest BCUT2D eigenvalue weighted by Crippen LogP contribution is 2.17. The third-order valence-corrected chi connectivity index (χ3v) is 13.1. The zero-order valence-corrected chi connectivity index (χ0v) is 42.4. The molecule has 2 N–H and O–H groups in total. The number of rotatable bonds is 53. The van der Waals surface area contributed by atoms with Gasteiger partial charge in [0.15, 0.2) is 0 Å². The van der Waals surface area contributed by atoms with Crippen LogP contribution in [0.3, 0.4) is 0 Å². The van der Waals surface area contributed by atoms with Crippen LogP contribution >= 0.6 is 0 Å². The molecule has 0 rings (SSSR count). The van der Waals surface area contributed by atoms with E-state index in [1.165, 1.54) is 257 Å². The quantitative estimate of drug-likeness (QED) is 0.0597. The highest BCUT2D eigenvalue weighted by atomic mass is 16.6. The minimum Gasteiger partial charge on any atom is -0.450 e. The van der Waals surface area contributed by atoms with Gasteiger partial charge in [0.2, 0.25) is 0 Å². The second-order valence-electron chi connectivity index (χ2n) is 19.4. The Kier molecular flexibility index (Phi) is 54.4. The molecule has 0 aromatic carbocycles. The summed E-state index contributed by atoms with van der Waals surface area (Å²) in [5.74, 6) is 0. The number of nitrogens with one attached hydrogen (secondary N) is 2. The van der Waals surface area contributed by atoms with Crippen molar-refractivity contribution in [1.82, 2.24) is 10.6 Å². The molecule has 2 amide bonds. The predicted molar refractivity (Wildman–Crippen MR) is 272 cm³/mol. The van der Waals surface area contributed by atoms with E-state index >= 15 is 0 Å². The summed E-state index contributed by atoms with van der Waals surface area (Å²) in [4.78, 5) is 23.9. The molecular formula is C56H112N2O4. The largest absolute Gasteiger partial charge is 0.450 e. The van der Waals surface area contributed by atoms with Crippen LogP contribution in [0.5, 0.6) is 0 Å². The van der Waals surface area contributed by atoms with Crippen molar-refractivity contribution in [3.05, 3.63) is 0 Å². The van der Waals surface area contributed by atoms with Crippen molar-refractivity contribution in [2.75, 3.05) is 26.3 Å². The molecule has 370 valence electrons. The third-order valence-electron chi connectivity index (χ3n) is 13.1. The Morgan fingerprint density at radius 1 is 0.242 bits per heavy atom. The van der Waals surface area contributed by atoms with E-state index in [2.05, 4.69) is 24.5 Å². The van der Waals surface area contributed by atoms with Crippen LogP contribution in [0.1, 0.15) is 322 Å². The molecule has 0 aliphatic carbocycles. The summed E-state index contributed by atoms with van der Waals surface area (Å²) in [6.07, 6.45) is 64.0. The van der Waals surface area contributed by atoms with Gasteiger partial charge in [0.25, 0.3) is 0 Å². The van der Waals surface area contributed by atoms with E-state index in [9.17, 15) is 9.59 Å². The zero-order chi connectivity index (χ0) is 44.8. The highest BCUT2D eigenvalue weighted by molar-refractivity contribution is 5.67. The first-order valence-electron chi connectivity index (χ1n) is 28.5. The summed E-state index contributed by atoms with van der Waals surface area (Å²) in [6.45, 7) is 6.92. The minimum atomic E-state index is -0.288. The number of hydrogen-bond donors (Lipinski definition) is 2. The number of alkyl carbamates (subject to hydrolysis) is 2. The molecule has 0 saturated carbocycles. The van der Waals surface area contributed by atoms with Crippen molar-refractivity contribution >= 4 is 12.2 Å². The van der Waals surface area contributed by atoms with E-state index in [1.54, 1.807) is 0 Å². The first kappa shape index (κ1) is 60.5. The molecule has 0 atom stereocenters. The van der Waals surface area contributed by atoms with Gasteiger partial charge in [-0.15, -0.1) is 0 Å². The van der Waals surface area contributed by atoms with Gasteiger partial charge in [0, 0.05) is 13.1 Å². The molecular weight excluding hydrogens is 765 g/mol. The van der Waals surface area contributed by atoms with Gasteiger partial charge in [-0.3, -0.25) is 0 Å². The van der Waals surface area contributed by atoms with Crippen LogP contribution in [0.4, 0.5) is 9.59 Å². The van der Waals surface area contributed by atoms with Gasteiger partial charge in [-0.25, -0.2) is 9.59 Å². The fraction of sp³-hybridized carbons (Fsp3) is 0.964. The topological polar surface area (TPSA) is 76.7 Å². The molecule has 0 saturated heterocycles. The molecule has 0 fully saturated rings. The molecule has 0 aromatic rings. The standard InChI is InChI=1S/C56H112N2O4/c1-3-5-7-9-11-13-15-17-19-21-23-25-27-29-31-33-35-37-39-41-45-49-53-61-55(59)57-51-47-43-44-48-52-58-56(60)62-54-50-46-42-40-38-36-34-32-30-28-26-24-22-20-18-16-14-12-10-8-6-4-2/h3-54H2,1-2H3,(H,57,59)(H,58,60). The molecule has 0 spiro atoms. The van der Waals surface area contributed by atoms with Crippen LogP contribution in [0.15, 0.2) is 0 Å². The normalized spacial score (nSPS) is 11.3. The average molecular weight is 878 g/mol. The fourth-order valence-corrected chi connectivity index (χ4v) is 8.84. The maximum absolute atomic E-state index is 12.0. The molecule has 0 unspecified atom stereocenters.